The smallest absolute Gasteiger partial charge is 0.274 e. The highest BCUT2D eigenvalue weighted by Crippen LogP contribution is 2.33. The lowest BCUT2D eigenvalue weighted by Gasteiger charge is -2.27. The van der Waals surface area contributed by atoms with Gasteiger partial charge < -0.3 is 19.1 Å². The van der Waals surface area contributed by atoms with Crippen LogP contribution in [0.2, 0.25) is 0 Å². The number of nitrogens with zero attached hydrogens (tertiary/aromatic N) is 5. The van der Waals surface area contributed by atoms with Crippen LogP contribution in [0, 0.1) is 0 Å². The molecule has 4 aromatic rings. The number of amides is 1. The maximum absolute atomic E-state index is 13.8. The minimum Gasteiger partial charge on any atom is -0.493 e. The fourth-order valence-electron chi connectivity index (χ4n) is 5.51. The topological polar surface area (TPSA) is 97.7 Å². The standard InChI is InChI=1S/C31H36N6O4/c1-3-4-25-19-27(34-33-25)31(38)36-11-14-41-29-18-24(5-6-28(29)39-2)30-32-7-8-37(30)26-16-22(15-23(17-26)21-36)20-35-9-12-40-13-10-35/h5-8,15-19H,3-4,9-14,20-21H2,1-2H3,(H,33,34). The summed E-state index contributed by atoms with van der Waals surface area (Å²) in [7, 11) is 1.62. The monoisotopic (exact) mass is 556 g/mol. The van der Waals surface area contributed by atoms with Crippen LogP contribution in [0.25, 0.3) is 17.1 Å². The molecule has 1 amide bonds. The van der Waals surface area contributed by atoms with Gasteiger partial charge in [-0.3, -0.25) is 19.4 Å². The molecule has 2 aromatic carbocycles. The third-order valence-corrected chi connectivity index (χ3v) is 7.54. The quantitative estimate of drug-likeness (QED) is 0.382. The van der Waals surface area contributed by atoms with Gasteiger partial charge in [-0.25, -0.2) is 4.98 Å². The fourth-order valence-corrected chi connectivity index (χ4v) is 5.51. The summed E-state index contributed by atoms with van der Waals surface area (Å²) >= 11 is 0. The zero-order valence-corrected chi connectivity index (χ0v) is 23.6. The molecule has 1 saturated heterocycles. The number of fused-ring (bicyclic) bond motifs is 7. The van der Waals surface area contributed by atoms with Crippen molar-refractivity contribution in [3.05, 3.63) is 77.4 Å². The molecule has 2 aromatic heterocycles. The Kier molecular flexibility index (Phi) is 8.02. The summed E-state index contributed by atoms with van der Waals surface area (Å²) in [5.74, 6) is 1.91. The van der Waals surface area contributed by atoms with Crippen molar-refractivity contribution in [1.29, 1.82) is 0 Å². The Morgan fingerprint density at radius 2 is 1.95 bits per heavy atom. The number of aromatic nitrogens is 4. The van der Waals surface area contributed by atoms with Crippen molar-refractivity contribution in [2.75, 3.05) is 46.6 Å². The van der Waals surface area contributed by atoms with Gasteiger partial charge >= 0.3 is 0 Å². The molecule has 6 rings (SSSR count). The summed E-state index contributed by atoms with van der Waals surface area (Å²) in [6.45, 7) is 7.28. The first kappa shape index (κ1) is 27.0. The van der Waals surface area contributed by atoms with Gasteiger partial charge in [-0.2, -0.15) is 5.10 Å². The summed E-state index contributed by atoms with van der Waals surface area (Å²) in [4.78, 5) is 22.7. The molecule has 41 heavy (non-hydrogen) atoms. The van der Waals surface area contributed by atoms with E-state index in [0.29, 0.717) is 36.9 Å². The largest absolute Gasteiger partial charge is 0.493 e. The molecule has 0 saturated carbocycles. The van der Waals surface area contributed by atoms with Crippen molar-refractivity contribution < 1.29 is 19.0 Å². The number of nitrogens with one attached hydrogen (secondary N) is 1. The Morgan fingerprint density at radius 1 is 1.07 bits per heavy atom. The lowest BCUT2D eigenvalue weighted by molar-refractivity contribution is 0.0341. The molecule has 0 aliphatic carbocycles. The van der Waals surface area contributed by atoms with E-state index in [2.05, 4.69) is 44.8 Å². The minimum atomic E-state index is -0.133. The number of morpholine rings is 1. The van der Waals surface area contributed by atoms with E-state index in [9.17, 15) is 4.79 Å². The average Bonchev–Trinajstić information content (AvgIpc) is 3.67. The Labute approximate surface area is 239 Å². The van der Waals surface area contributed by atoms with E-state index in [4.69, 9.17) is 19.2 Å². The van der Waals surface area contributed by atoms with Gasteiger partial charge in [0.25, 0.3) is 5.91 Å². The number of benzene rings is 2. The van der Waals surface area contributed by atoms with E-state index in [0.717, 1.165) is 74.0 Å². The number of aryl methyl sites for hydroxylation is 1. The van der Waals surface area contributed by atoms with Gasteiger partial charge in [-0.1, -0.05) is 19.4 Å². The summed E-state index contributed by atoms with van der Waals surface area (Å²) < 4.78 is 19.4. The van der Waals surface area contributed by atoms with E-state index in [1.165, 1.54) is 5.56 Å². The maximum Gasteiger partial charge on any atom is 0.274 e. The number of rotatable bonds is 6. The molecule has 1 N–H and O–H groups in total. The summed E-state index contributed by atoms with van der Waals surface area (Å²) in [5, 5.41) is 7.36. The number of imidazole rings is 1. The molecule has 4 heterocycles. The molecule has 2 aliphatic heterocycles. The minimum absolute atomic E-state index is 0.133. The van der Waals surface area contributed by atoms with E-state index in [-0.39, 0.29) is 5.91 Å². The molecule has 214 valence electrons. The molecule has 0 radical (unpaired) electrons. The number of H-pyrrole nitrogens is 1. The van der Waals surface area contributed by atoms with Gasteiger partial charge in [-0.05, 0) is 53.9 Å². The van der Waals surface area contributed by atoms with Crippen LogP contribution in [-0.4, -0.2) is 82.0 Å². The molecule has 2 aliphatic rings. The normalized spacial score (nSPS) is 15.7. The third kappa shape index (κ3) is 5.98. The number of methoxy groups -OCH3 is 1. The van der Waals surface area contributed by atoms with Crippen LogP contribution >= 0.6 is 0 Å². The Bertz CT molecular complexity index is 1510. The third-order valence-electron chi connectivity index (χ3n) is 7.54. The van der Waals surface area contributed by atoms with E-state index < -0.39 is 0 Å². The van der Waals surface area contributed by atoms with E-state index in [1.54, 1.807) is 7.11 Å². The van der Waals surface area contributed by atoms with Crippen molar-refractivity contribution in [3.8, 4) is 28.6 Å². The predicted molar refractivity (Wildman–Crippen MR) is 154 cm³/mol. The second kappa shape index (κ2) is 12.2. The highest BCUT2D eigenvalue weighted by atomic mass is 16.5. The number of carbonyl (C=O) groups excluding carboxylic acids is 1. The SMILES string of the molecule is CCCc1cc(C(=O)N2CCOc3cc(ccc3OC)-c3nccn3-c3cc(CN4CCOCC4)cc(c3)C2)n[nH]1. The van der Waals surface area contributed by atoms with Gasteiger partial charge in [-0.15, -0.1) is 0 Å². The molecule has 1 fully saturated rings. The van der Waals surface area contributed by atoms with Gasteiger partial charge in [0.15, 0.2) is 11.5 Å². The summed E-state index contributed by atoms with van der Waals surface area (Å²) in [6.07, 6.45) is 5.60. The Morgan fingerprint density at radius 3 is 2.78 bits per heavy atom. The molecule has 4 bridgehead atoms. The van der Waals surface area contributed by atoms with Gasteiger partial charge in [0.05, 0.1) is 26.9 Å². The van der Waals surface area contributed by atoms with E-state index in [1.807, 2.05) is 41.6 Å². The van der Waals surface area contributed by atoms with Crippen molar-refractivity contribution in [1.82, 2.24) is 29.5 Å². The van der Waals surface area contributed by atoms with Crippen LogP contribution in [0.4, 0.5) is 0 Å². The number of aromatic amines is 1. The first-order chi connectivity index (χ1) is 20.1. The van der Waals surface area contributed by atoms with Crippen molar-refractivity contribution in [2.24, 2.45) is 0 Å². The van der Waals surface area contributed by atoms with Crippen molar-refractivity contribution >= 4 is 5.91 Å². The van der Waals surface area contributed by atoms with Crippen LogP contribution < -0.4 is 9.47 Å². The first-order valence-electron chi connectivity index (χ1n) is 14.2. The molecule has 10 heteroatoms. The summed E-state index contributed by atoms with van der Waals surface area (Å²) in [6, 6.07) is 14.2. The van der Waals surface area contributed by atoms with Crippen LogP contribution in [0.1, 0.15) is 40.7 Å². The van der Waals surface area contributed by atoms with Crippen LogP contribution in [-0.2, 0) is 24.2 Å². The average molecular weight is 557 g/mol. The van der Waals surface area contributed by atoms with Crippen LogP contribution in [0.15, 0.2) is 54.9 Å². The lowest BCUT2D eigenvalue weighted by atomic mass is 10.1. The van der Waals surface area contributed by atoms with Gasteiger partial charge in [0, 0.05) is 55.5 Å². The highest BCUT2D eigenvalue weighted by Gasteiger charge is 2.22. The van der Waals surface area contributed by atoms with Gasteiger partial charge in [0.1, 0.15) is 18.1 Å². The van der Waals surface area contributed by atoms with Crippen molar-refractivity contribution in [3.63, 3.8) is 0 Å². The second-order valence-electron chi connectivity index (χ2n) is 10.5. The second-order valence-corrected chi connectivity index (χ2v) is 10.5. The summed E-state index contributed by atoms with van der Waals surface area (Å²) in [5.41, 5.74) is 5.50. The van der Waals surface area contributed by atoms with Crippen LogP contribution in [0.3, 0.4) is 0 Å². The number of ether oxygens (including phenoxy) is 3. The fraction of sp³-hybridized carbons (Fsp3) is 0.387. The predicted octanol–water partition coefficient (Wildman–Crippen LogP) is 4.09. The molecular formula is C31H36N6O4. The molecule has 0 spiro atoms. The van der Waals surface area contributed by atoms with Crippen molar-refractivity contribution in [2.45, 2.75) is 32.9 Å². The highest BCUT2D eigenvalue weighted by molar-refractivity contribution is 5.92. The van der Waals surface area contributed by atoms with Crippen LogP contribution in [0.5, 0.6) is 11.5 Å². The zero-order chi connectivity index (χ0) is 28.2. The first-order valence-corrected chi connectivity index (χ1v) is 14.2. The lowest BCUT2D eigenvalue weighted by Crippen LogP contribution is -2.36. The Hall–Kier alpha value is -4.15. The van der Waals surface area contributed by atoms with E-state index >= 15 is 0 Å². The zero-order valence-electron chi connectivity index (χ0n) is 23.6. The van der Waals surface area contributed by atoms with Gasteiger partial charge in [0.2, 0.25) is 0 Å². The molecule has 10 nitrogen and oxygen atoms in total. The number of carbonyl (C=O) groups is 1. The Balaban J connectivity index is 1.42. The maximum atomic E-state index is 13.8. The number of hydrogen-bond acceptors (Lipinski definition) is 7. The molecular weight excluding hydrogens is 520 g/mol. The number of hydrogen-bond donors (Lipinski definition) is 1. The molecule has 0 unspecified atom stereocenters. The molecule has 0 atom stereocenters.